The Morgan fingerprint density at radius 3 is 1.70 bits per heavy atom. The molecule has 0 fully saturated rings. The second kappa shape index (κ2) is 7.74. The lowest BCUT2D eigenvalue weighted by Crippen LogP contribution is -2.18. The summed E-state index contributed by atoms with van der Waals surface area (Å²) in [6, 6.07) is 13.8. The van der Waals surface area contributed by atoms with Crippen molar-refractivity contribution in [2.75, 3.05) is 0 Å². The summed E-state index contributed by atoms with van der Waals surface area (Å²) in [4.78, 5) is 0. The van der Waals surface area contributed by atoms with Crippen molar-refractivity contribution < 1.29 is 21.6 Å². The van der Waals surface area contributed by atoms with Gasteiger partial charge in [-0.1, -0.05) is 41.9 Å². The minimum Gasteiger partial charge on any atom is -0.228 e. The summed E-state index contributed by atoms with van der Waals surface area (Å²) in [6.07, 6.45) is 0. The lowest BCUT2D eigenvalue weighted by Gasteiger charge is -2.19. The number of rotatable bonds is 5. The van der Waals surface area contributed by atoms with E-state index in [2.05, 4.69) is 0 Å². The highest BCUT2D eigenvalue weighted by molar-refractivity contribution is 7.91. The third kappa shape index (κ3) is 4.34. The molecule has 0 bridgehead atoms. The summed E-state index contributed by atoms with van der Waals surface area (Å²) in [6.45, 7) is 0. The molecule has 140 valence electrons. The largest absolute Gasteiger partial charge is 0.228 e. The Bertz CT molecular complexity index is 984. The molecule has 27 heavy (non-hydrogen) atoms. The van der Waals surface area contributed by atoms with Crippen LogP contribution in [0.3, 0.4) is 0 Å². The van der Waals surface area contributed by atoms with Gasteiger partial charge in [-0.25, -0.2) is 21.6 Å². The van der Waals surface area contributed by atoms with E-state index < -0.39 is 38.3 Å². The van der Waals surface area contributed by atoms with Crippen molar-refractivity contribution in [3.8, 4) is 0 Å². The molecule has 0 amide bonds. The molecule has 0 unspecified atom stereocenters. The molecule has 0 aliphatic heterocycles. The third-order valence-corrected chi connectivity index (χ3v) is 6.42. The van der Waals surface area contributed by atoms with E-state index in [1.165, 1.54) is 36.4 Å². The minimum absolute atomic E-state index is 0.00413. The second-order valence-electron chi connectivity index (χ2n) is 5.99. The van der Waals surface area contributed by atoms with Gasteiger partial charge in [0.2, 0.25) is 0 Å². The zero-order valence-corrected chi connectivity index (χ0v) is 15.4. The highest BCUT2D eigenvalue weighted by Gasteiger charge is 2.31. The molecular weight excluding hydrogens is 397 g/mol. The van der Waals surface area contributed by atoms with Gasteiger partial charge in [-0.15, -0.1) is 0 Å². The molecule has 0 aliphatic carbocycles. The maximum absolute atomic E-state index is 14.1. The summed E-state index contributed by atoms with van der Waals surface area (Å²) in [5, 5.41) is -1.23. The van der Waals surface area contributed by atoms with Gasteiger partial charge in [0, 0.05) is 10.6 Å². The zero-order valence-electron chi connectivity index (χ0n) is 13.9. The van der Waals surface area contributed by atoms with Gasteiger partial charge < -0.3 is 0 Å². The van der Waals surface area contributed by atoms with Crippen LogP contribution < -0.4 is 0 Å². The fourth-order valence-corrected chi connectivity index (χ4v) is 5.15. The van der Waals surface area contributed by atoms with E-state index in [4.69, 9.17) is 11.6 Å². The van der Waals surface area contributed by atoms with Crippen LogP contribution in [-0.4, -0.2) is 8.42 Å². The van der Waals surface area contributed by atoms with E-state index in [1.807, 2.05) is 0 Å². The lowest BCUT2D eigenvalue weighted by atomic mass is 10.0. The Morgan fingerprint density at radius 2 is 1.26 bits per heavy atom. The van der Waals surface area contributed by atoms with E-state index in [9.17, 15) is 21.6 Å². The maximum atomic E-state index is 14.1. The summed E-state index contributed by atoms with van der Waals surface area (Å²) in [5.74, 6) is -2.43. The van der Waals surface area contributed by atoms with Gasteiger partial charge in [0.1, 0.15) is 22.7 Å². The van der Waals surface area contributed by atoms with Gasteiger partial charge >= 0.3 is 0 Å². The Hall–Kier alpha value is -2.31. The number of hydrogen-bond acceptors (Lipinski definition) is 2. The van der Waals surface area contributed by atoms with Gasteiger partial charge in [-0.2, -0.15) is 0 Å². The topological polar surface area (TPSA) is 34.1 Å². The molecule has 2 nitrogen and oxygen atoms in total. The van der Waals surface area contributed by atoms with Crippen molar-refractivity contribution in [2.24, 2.45) is 0 Å². The summed E-state index contributed by atoms with van der Waals surface area (Å²) >= 11 is 5.97. The van der Waals surface area contributed by atoms with E-state index in [0.717, 1.165) is 30.3 Å². The predicted octanol–water partition coefficient (Wildman–Crippen LogP) is 5.46. The summed E-state index contributed by atoms with van der Waals surface area (Å²) < 4.78 is 67.0. The molecule has 0 atom stereocenters. The molecular formula is C20H14ClF3O2S. The highest BCUT2D eigenvalue weighted by Crippen LogP contribution is 2.34. The number of sulfone groups is 1. The van der Waals surface area contributed by atoms with Crippen molar-refractivity contribution >= 4 is 21.4 Å². The first kappa shape index (κ1) is 19.5. The molecule has 3 aromatic carbocycles. The lowest BCUT2D eigenvalue weighted by molar-refractivity contribution is 0.580. The Labute approximate surface area is 160 Å². The fourth-order valence-electron chi connectivity index (χ4n) is 2.84. The normalized spacial score (nSPS) is 11.7. The summed E-state index contributed by atoms with van der Waals surface area (Å²) in [5.41, 5.74) is 0.430. The van der Waals surface area contributed by atoms with Crippen molar-refractivity contribution in [3.63, 3.8) is 0 Å². The Morgan fingerprint density at radius 1 is 0.778 bits per heavy atom. The van der Waals surface area contributed by atoms with Crippen LogP contribution in [0.25, 0.3) is 0 Å². The fraction of sp³-hybridized carbons (Fsp3) is 0.100. The second-order valence-corrected chi connectivity index (χ2v) is 8.48. The van der Waals surface area contributed by atoms with Crippen LogP contribution in [0.4, 0.5) is 13.2 Å². The molecule has 0 aliphatic rings. The monoisotopic (exact) mass is 410 g/mol. The molecule has 0 spiro atoms. The molecule has 3 rings (SSSR count). The number of halogens is 4. The first-order valence-corrected chi connectivity index (χ1v) is 10.0. The Balaban J connectivity index is 2.11. The van der Waals surface area contributed by atoms with Gasteiger partial charge in [-0.05, 0) is 47.5 Å². The molecule has 0 radical (unpaired) electrons. The maximum Gasteiger partial charge on any atom is 0.165 e. The molecule has 0 saturated heterocycles. The van der Waals surface area contributed by atoms with Crippen LogP contribution in [-0.2, 0) is 15.6 Å². The quantitative estimate of drug-likeness (QED) is 0.559. The standard InChI is InChI=1S/C20H14ClF3O2S/c21-18-2-1-3-19(24)17(18)12-27(25,26)20(13-4-8-15(22)9-5-13)14-6-10-16(23)11-7-14/h1-11,20H,12H2. The SMILES string of the molecule is O=S(=O)(Cc1c(F)cccc1Cl)C(c1ccc(F)cc1)c1ccc(F)cc1. The van der Waals surface area contributed by atoms with Gasteiger partial charge in [0.15, 0.2) is 9.84 Å². The van der Waals surface area contributed by atoms with E-state index >= 15 is 0 Å². The predicted molar refractivity (Wildman–Crippen MR) is 98.7 cm³/mol. The number of benzene rings is 3. The van der Waals surface area contributed by atoms with Crippen molar-refractivity contribution in [3.05, 3.63) is 106 Å². The van der Waals surface area contributed by atoms with Crippen LogP contribution in [0.2, 0.25) is 5.02 Å². The number of hydrogen-bond donors (Lipinski definition) is 0. The minimum atomic E-state index is -4.02. The Kier molecular flexibility index (Phi) is 5.58. The molecule has 0 aromatic heterocycles. The summed E-state index contributed by atoms with van der Waals surface area (Å²) in [7, 11) is -4.02. The van der Waals surface area contributed by atoms with E-state index in [0.29, 0.717) is 0 Å². The average Bonchev–Trinajstić information content (AvgIpc) is 2.62. The molecule has 3 aromatic rings. The molecule has 7 heteroatoms. The molecule has 0 saturated carbocycles. The third-order valence-electron chi connectivity index (χ3n) is 4.11. The van der Waals surface area contributed by atoms with Crippen LogP contribution in [0.5, 0.6) is 0 Å². The smallest absolute Gasteiger partial charge is 0.165 e. The van der Waals surface area contributed by atoms with Gasteiger partial charge in [0.25, 0.3) is 0 Å². The van der Waals surface area contributed by atoms with Crippen LogP contribution in [0.1, 0.15) is 21.9 Å². The average molecular weight is 411 g/mol. The van der Waals surface area contributed by atoms with Gasteiger partial charge in [0.05, 0.1) is 5.75 Å². The van der Waals surface area contributed by atoms with E-state index in [-0.39, 0.29) is 21.7 Å². The van der Waals surface area contributed by atoms with Crippen molar-refractivity contribution in [1.82, 2.24) is 0 Å². The zero-order chi connectivity index (χ0) is 19.6. The van der Waals surface area contributed by atoms with Crippen molar-refractivity contribution in [2.45, 2.75) is 11.0 Å². The molecule has 0 N–H and O–H groups in total. The van der Waals surface area contributed by atoms with Crippen LogP contribution in [0.15, 0.2) is 66.7 Å². The first-order valence-electron chi connectivity index (χ1n) is 7.93. The van der Waals surface area contributed by atoms with Gasteiger partial charge in [-0.3, -0.25) is 0 Å². The van der Waals surface area contributed by atoms with Crippen LogP contribution in [0, 0.1) is 17.5 Å². The van der Waals surface area contributed by atoms with E-state index in [1.54, 1.807) is 0 Å². The molecule has 0 heterocycles. The highest BCUT2D eigenvalue weighted by atomic mass is 35.5. The van der Waals surface area contributed by atoms with Crippen molar-refractivity contribution in [1.29, 1.82) is 0 Å². The van der Waals surface area contributed by atoms with Crippen LogP contribution >= 0.6 is 11.6 Å². The first-order chi connectivity index (χ1) is 12.8.